The van der Waals surface area contributed by atoms with Crippen LogP contribution in [-0.4, -0.2) is 31.9 Å². The molecule has 0 heterocycles. The highest BCUT2D eigenvalue weighted by Gasteiger charge is 2.48. The molecule has 1 fully saturated rings. The van der Waals surface area contributed by atoms with Gasteiger partial charge >= 0.3 is 5.97 Å². The van der Waals surface area contributed by atoms with Gasteiger partial charge in [-0.3, -0.25) is 9.59 Å². The molecule has 1 aliphatic carbocycles. The van der Waals surface area contributed by atoms with Gasteiger partial charge in [0.1, 0.15) is 0 Å². The largest absolute Gasteiger partial charge is 0.481 e. The summed E-state index contributed by atoms with van der Waals surface area (Å²) in [6.45, 7) is 0.371. The van der Waals surface area contributed by atoms with Crippen LogP contribution in [0.3, 0.4) is 0 Å². The summed E-state index contributed by atoms with van der Waals surface area (Å²) >= 11 is 0. The number of nitrogens with one attached hydrogen (secondary N) is 1. The van der Waals surface area contributed by atoms with Gasteiger partial charge in [0.2, 0.25) is 15.9 Å². The Kier molecular flexibility index (Phi) is 4.29. The number of rotatable bonds is 6. The zero-order valence-electron chi connectivity index (χ0n) is 11.2. The maximum Gasteiger partial charge on any atom is 0.307 e. The third-order valence-electron chi connectivity index (χ3n) is 3.41. The molecule has 7 nitrogen and oxygen atoms in total. The number of carbonyl (C=O) groups excluding carboxylic acids is 1. The number of primary sulfonamides is 1. The van der Waals surface area contributed by atoms with E-state index in [9.17, 15) is 18.0 Å². The van der Waals surface area contributed by atoms with E-state index in [0.717, 1.165) is 5.56 Å². The van der Waals surface area contributed by atoms with Crippen molar-refractivity contribution in [3.63, 3.8) is 0 Å². The SMILES string of the molecule is NS(=O)(=O)c1ccc(CCNC(=O)C2CC2C(=O)O)cc1. The van der Waals surface area contributed by atoms with E-state index in [4.69, 9.17) is 10.2 Å². The molecule has 0 bridgehead atoms. The van der Waals surface area contributed by atoms with E-state index in [0.29, 0.717) is 19.4 Å². The van der Waals surface area contributed by atoms with E-state index in [1.807, 2.05) is 0 Å². The van der Waals surface area contributed by atoms with Crippen LogP contribution in [-0.2, 0) is 26.0 Å². The highest BCUT2D eigenvalue weighted by Crippen LogP contribution is 2.38. The second kappa shape index (κ2) is 5.82. The van der Waals surface area contributed by atoms with Crippen LogP contribution >= 0.6 is 0 Å². The van der Waals surface area contributed by atoms with Gasteiger partial charge in [0, 0.05) is 6.54 Å². The number of hydrogen-bond donors (Lipinski definition) is 3. The molecule has 1 amide bonds. The molecule has 114 valence electrons. The average Bonchev–Trinajstić information content (AvgIpc) is 3.18. The van der Waals surface area contributed by atoms with Crippen LogP contribution in [0.2, 0.25) is 0 Å². The summed E-state index contributed by atoms with van der Waals surface area (Å²) in [4.78, 5) is 22.3. The lowest BCUT2D eigenvalue weighted by molar-refractivity contribution is -0.140. The zero-order chi connectivity index (χ0) is 15.6. The van der Waals surface area contributed by atoms with Gasteiger partial charge in [-0.15, -0.1) is 0 Å². The van der Waals surface area contributed by atoms with Gasteiger partial charge < -0.3 is 10.4 Å². The molecule has 21 heavy (non-hydrogen) atoms. The molecule has 0 aromatic heterocycles. The van der Waals surface area contributed by atoms with Gasteiger partial charge in [-0.25, -0.2) is 13.6 Å². The van der Waals surface area contributed by atoms with E-state index in [1.165, 1.54) is 12.1 Å². The van der Waals surface area contributed by atoms with E-state index in [-0.39, 0.29) is 10.8 Å². The molecule has 2 atom stereocenters. The van der Waals surface area contributed by atoms with Crippen LogP contribution in [0.15, 0.2) is 29.2 Å². The van der Waals surface area contributed by atoms with Gasteiger partial charge in [-0.1, -0.05) is 12.1 Å². The lowest BCUT2D eigenvalue weighted by atomic mass is 10.1. The number of carboxylic acid groups (broad SMARTS) is 1. The third-order valence-corrected chi connectivity index (χ3v) is 4.34. The molecular weight excluding hydrogens is 296 g/mol. The molecule has 0 spiro atoms. The summed E-state index contributed by atoms with van der Waals surface area (Å²) in [5.74, 6) is -2.16. The predicted molar refractivity (Wildman–Crippen MR) is 73.8 cm³/mol. The van der Waals surface area contributed by atoms with Gasteiger partial charge in [0.05, 0.1) is 16.7 Å². The van der Waals surface area contributed by atoms with Gasteiger partial charge in [0.15, 0.2) is 0 Å². The maximum absolute atomic E-state index is 11.6. The van der Waals surface area contributed by atoms with Crippen molar-refractivity contribution in [1.29, 1.82) is 0 Å². The van der Waals surface area contributed by atoms with Gasteiger partial charge in [-0.05, 0) is 30.5 Å². The molecule has 2 rings (SSSR count). The minimum atomic E-state index is -3.70. The van der Waals surface area contributed by atoms with Crippen molar-refractivity contribution in [2.75, 3.05) is 6.54 Å². The van der Waals surface area contributed by atoms with Crippen LogP contribution in [0, 0.1) is 11.8 Å². The van der Waals surface area contributed by atoms with Crippen molar-refractivity contribution in [2.24, 2.45) is 17.0 Å². The fourth-order valence-electron chi connectivity index (χ4n) is 2.06. The van der Waals surface area contributed by atoms with Crippen molar-refractivity contribution < 1.29 is 23.1 Å². The first-order valence-corrected chi connectivity index (χ1v) is 7.96. The Bertz CT molecular complexity index is 654. The molecule has 1 aromatic carbocycles. The highest BCUT2D eigenvalue weighted by molar-refractivity contribution is 7.89. The van der Waals surface area contributed by atoms with Crippen molar-refractivity contribution >= 4 is 21.9 Å². The number of aliphatic carboxylic acids is 1. The quantitative estimate of drug-likeness (QED) is 0.665. The Labute approximate surface area is 122 Å². The van der Waals surface area contributed by atoms with Crippen molar-refractivity contribution in [3.8, 4) is 0 Å². The Morgan fingerprint density at radius 2 is 1.86 bits per heavy atom. The standard InChI is InChI=1S/C13H16N2O5S/c14-21(19,20)9-3-1-8(2-4-9)5-6-15-12(16)10-7-11(10)13(17)18/h1-4,10-11H,5-7H2,(H,15,16)(H,17,18)(H2,14,19,20). The average molecular weight is 312 g/mol. The summed E-state index contributed by atoms with van der Waals surface area (Å²) in [5, 5.41) is 16.4. The first-order chi connectivity index (χ1) is 9.79. The Hall–Kier alpha value is -1.93. The van der Waals surface area contributed by atoms with Crippen LogP contribution < -0.4 is 10.5 Å². The summed E-state index contributed by atoms with van der Waals surface area (Å²) in [7, 11) is -3.70. The number of carbonyl (C=O) groups is 2. The molecular formula is C13H16N2O5S. The zero-order valence-corrected chi connectivity index (χ0v) is 12.0. The first kappa shape index (κ1) is 15.5. The van der Waals surface area contributed by atoms with E-state index in [1.54, 1.807) is 12.1 Å². The molecule has 1 aromatic rings. The van der Waals surface area contributed by atoms with Crippen molar-refractivity contribution in [2.45, 2.75) is 17.7 Å². The highest BCUT2D eigenvalue weighted by atomic mass is 32.2. The Balaban J connectivity index is 1.79. The van der Waals surface area contributed by atoms with Gasteiger partial charge in [-0.2, -0.15) is 0 Å². The van der Waals surface area contributed by atoms with E-state index in [2.05, 4.69) is 5.32 Å². The third kappa shape index (κ3) is 4.02. The molecule has 0 radical (unpaired) electrons. The molecule has 0 aliphatic heterocycles. The first-order valence-electron chi connectivity index (χ1n) is 6.41. The fraction of sp³-hybridized carbons (Fsp3) is 0.385. The number of amides is 1. The minimum absolute atomic E-state index is 0.0394. The summed E-state index contributed by atoms with van der Waals surface area (Å²) in [5.41, 5.74) is 0.855. The smallest absolute Gasteiger partial charge is 0.307 e. The number of benzene rings is 1. The Morgan fingerprint density at radius 3 is 2.33 bits per heavy atom. The summed E-state index contributed by atoms with van der Waals surface area (Å²) < 4.78 is 22.2. The Morgan fingerprint density at radius 1 is 1.24 bits per heavy atom. The van der Waals surface area contributed by atoms with E-state index >= 15 is 0 Å². The minimum Gasteiger partial charge on any atom is -0.481 e. The summed E-state index contributed by atoms with van der Waals surface area (Å²) in [6.07, 6.45) is 0.922. The molecule has 1 saturated carbocycles. The predicted octanol–water partition coefficient (Wildman–Crippen LogP) is -0.287. The van der Waals surface area contributed by atoms with Crippen molar-refractivity contribution in [1.82, 2.24) is 5.32 Å². The molecule has 2 unspecified atom stereocenters. The summed E-state index contributed by atoms with van der Waals surface area (Å²) in [6, 6.07) is 6.08. The van der Waals surface area contributed by atoms with Crippen LogP contribution in [0.1, 0.15) is 12.0 Å². The molecule has 1 aliphatic rings. The number of sulfonamides is 1. The lowest BCUT2D eigenvalue weighted by Crippen LogP contribution is -2.28. The number of nitrogens with two attached hydrogens (primary N) is 1. The van der Waals surface area contributed by atoms with Crippen LogP contribution in [0.25, 0.3) is 0 Å². The second-order valence-corrected chi connectivity index (χ2v) is 6.58. The number of carboxylic acids is 1. The normalized spacial score (nSPS) is 20.8. The molecule has 0 saturated heterocycles. The second-order valence-electron chi connectivity index (χ2n) is 5.02. The van der Waals surface area contributed by atoms with E-state index < -0.39 is 27.8 Å². The van der Waals surface area contributed by atoms with Crippen molar-refractivity contribution in [3.05, 3.63) is 29.8 Å². The fourth-order valence-corrected chi connectivity index (χ4v) is 2.58. The molecule has 8 heteroatoms. The lowest BCUT2D eigenvalue weighted by Gasteiger charge is -2.05. The number of hydrogen-bond acceptors (Lipinski definition) is 4. The molecule has 4 N–H and O–H groups in total. The van der Waals surface area contributed by atoms with Crippen LogP contribution in [0.5, 0.6) is 0 Å². The van der Waals surface area contributed by atoms with Crippen LogP contribution in [0.4, 0.5) is 0 Å². The monoisotopic (exact) mass is 312 g/mol. The topological polar surface area (TPSA) is 127 Å². The van der Waals surface area contributed by atoms with Gasteiger partial charge in [0.25, 0.3) is 0 Å². The maximum atomic E-state index is 11.6.